The van der Waals surface area contributed by atoms with Crippen molar-refractivity contribution in [2.45, 2.75) is 90.5 Å². The lowest BCUT2D eigenvalue weighted by atomic mass is 10.0. The molecule has 1 rings (SSSR count). The van der Waals surface area contributed by atoms with Crippen LogP contribution in [0.25, 0.3) is 0 Å². The zero-order valence-corrected chi connectivity index (χ0v) is 22.2. The number of carboxylic acids is 1. The van der Waals surface area contributed by atoms with Crippen molar-refractivity contribution < 1.29 is 44.0 Å². The van der Waals surface area contributed by atoms with Gasteiger partial charge in [-0.25, -0.2) is 14.4 Å². The van der Waals surface area contributed by atoms with Crippen molar-refractivity contribution in [3.63, 3.8) is 0 Å². The molecule has 0 heterocycles. The minimum Gasteiger partial charge on any atom is -0.504 e. The smallest absolute Gasteiger partial charge is 0.408 e. The van der Waals surface area contributed by atoms with Crippen molar-refractivity contribution in [1.82, 2.24) is 16.0 Å². The first-order chi connectivity index (χ1) is 17.0. The highest BCUT2D eigenvalue weighted by molar-refractivity contribution is 5.89. The molecule has 0 aliphatic heterocycles. The van der Waals surface area contributed by atoms with Crippen LogP contribution in [0.2, 0.25) is 0 Å². The number of hydrogen-bond acceptors (Lipinski definition) is 8. The van der Waals surface area contributed by atoms with Crippen LogP contribution in [-0.4, -0.2) is 69.2 Å². The molecule has 37 heavy (non-hydrogen) atoms. The van der Waals surface area contributed by atoms with E-state index in [0.717, 1.165) is 0 Å². The monoisotopic (exact) mass is 525 g/mol. The van der Waals surface area contributed by atoms with Crippen LogP contribution in [0.15, 0.2) is 18.2 Å². The summed E-state index contributed by atoms with van der Waals surface area (Å²) in [4.78, 5) is 48.8. The zero-order chi connectivity index (χ0) is 28.4. The van der Waals surface area contributed by atoms with Crippen LogP contribution in [0.1, 0.15) is 66.4 Å². The number of nitrogens with one attached hydrogen (secondary N) is 3. The molecule has 0 spiro atoms. The van der Waals surface area contributed by atoms with Gasteiger partial charge in [0, 0.05) is 13.0 Å². The number of aromatic hydroxyl groups is 2. The second-order valence-electron chi connectivity index (χ2n) is 10.5. The summed E-state index contributed by atoms with van der Waals surface area (Å²) in [5, 5.41) is 36.3. The van der Waals surface area contributed by atoms with Crippen LogP contribution >= 0.6 is 0 Å². The van der Waals surface area contributed by atoms with Crippen LogP contribution in [0, 0.1) is 0 Å². The van der Waals surface area contributed by atoms with E-state index in [1.54, 1.807) is 41.5 Å². The largest absolute Gasteiger partial charge is 0.504 e. The Morgan fingerprint density at radius 2 is 1.43 bits per heavy atom. The van der Waals surface area contributed by atoms with Crippen molar-refractivity contribution in [2.24, 2.45) is 0 Å². The molecule has 208 valence electrons. The van der Waals surface area contributed by atoms with E-state index in [4.69, 9.17) is 9.47 Å². The highest BCUT2D eigenvalue weighted by Crippen LogP contribution is 2.25. The summed E-state index contributed by atoms with van der Waals surface area (Å²) in [6, 6.07) is 1.45. The zero-order valence-electron chi connectivity index (χ0n) is 22.2. The van der Waals surface area contributed by atoms with Gasteiger partial charge in [0.1, 0.15) is 23.3 Å². The Hall–Kier alpha value is -3.70. The van der Waals surface area contributed by atoms with Gasteiger partial charge in [-0.1, -0.05) is 6.07 Å². The van der Waals surface area contributed by atoms with Gasteiger partial charge in [-0.15, -0.1) is 0 Å². The van der Waals surface area contributed by atoms with E-state index < -0.39 is 53.1 Å². The van der Waals surface area contributed by atoms with Crippen molar-refractivity contribution in [3.8, 4) is 11.5 Å². The molecule has 0 fully saturated rings. The predicted octanol–water partition coefficient (Wildman–Crippen LogP) is 2.80. The Kier molecular flexibility index (Phi) is 11.5. The number of ether oxygens (including phenoxy) is 2. The summed E-state index contributed by atoms with van der Waals surface area (Å²) in [7, 11) is 0. The fourth-order valence-electron chi connectivity index (χ4n) is 3.10. The highest BCUT2D eigenvalue weighted by atomic mass is 16.6. The summed E-state index contributed by atoms with van der Waals surface area (Å²) >= 11 is 0. The maximum Gasteiger partial charge on any atom is 0.408 e. The van der Waals surface area contributed by atoms with Crippen LogP contribution in [-0.2, 0) is 25.5 Å². The fourth-order valence-corrected chi connectivity index (χ4v) is 3.10. The maximum atomic E-state index is 13.0. The molecule has 2 unspecified atom stereocenters. The molecule has 6 N–H and O–H groups in total. The Morgan fingerprint density at radius 1 is 0.838 bits per heavy atom. The number of phenols is 2. The van der Waals surface area contributed by atoms with Crippen molar-refractivity contribution in [3.05, 3.63) is 23.8 Å². The number of unbranched alkanes of at least 4 members (excludes halogenated alkanes) is 1. The minimum absolute atomic E-state index is 0.0796. The molecule has 0 aromatic heterocycles. The molecule has 12 nitrogen and oxygen atoms in total. The third kappa shape index (κ3) is 13.3. The average molecular weight is 526 g/mol. The Labute approximate surface area is 216 Å². The Balaban J connectivity index is 2.80. The van der Waals surface area contributed by atoms with Gasteiger partial charge in [0.25, 0.3) is 0 Å². The topological polar surface area (TPSA) is 184 Å². The summed E-state index contributed by atoms with van der Waals surface area (Å²) < 4.78 is 10.3. The number of carbonyl (C=O) groups is 4. The van der Waals surface area contributed by atoms with Gasteiger partial charge in [-0.05, 0) is 78.5 Å². The summed E-state index contributed by atoms with van der Waals surface area (Å²) in [6.07, 6.45) is -0.655. The summed E-state index contributed by atoms with van der Waals surface area (Å²) in [5.41, 5.74) is -1.06. The van der Waals surface area contributed by atoms with Gasteiger partial charge < -0.3 is 40.7 Å². The van der Waals surface area contributed by atoms with Crippen LogP contribution in [0.5, 0.6) is 11.5 Å². The molecule has 0 radical (unpaired) electrons. The third-order valence-corrected chi connectivity index (χ3v) is 4.69. The Morgan fingerprint density at radius 3 is 1.97 bits per heavy atom. The van der Waals surface area contributed by atoms with E-state index in [9.17, 15) is 34.5 Å². The average Bonchev–Trinajstić information content (AvgIpc) is 2.71. The lowest BCUT2D eigenvalue weighted by molar-refractivity contribution is -0.142. The predicted molar refractivity (Wildman–Crippen MR) is 134 cm³/mol. The molecule has 0 aliphatic rings. The van der Waals surface area contributed by atoms with Gasteiger partial charge >= 0.3 is 18.2 Å². The van der Waals surface area contributed by atoms with E-state index in [0.29, 0.717) is 18.4 Å². The lowest BCUT2D eigenvalue weighted by Gasteiger charge is -2.24. The van der Waals surface area contributed by atoms with Gasteiger partial charge in [-0.3, -0.25) is 4.79 Å². The number of rotatable bonds is 11. The van der Waals surface area contributed by atoms with Crippen molar-refractivity contribution in [1.29, 1.82) is 0 Å². The standard InChI is InChI=1S/C25H39N3O9/c1-24(2,3)36-22(34)26-12-8-7-9-16(21(32)33)27-20(31)17(28-23(35)37-25(4,5)6)13-15-10-11-18(29)19(30)14-15/h10-11,14,16-17,29-30H,7-9,12-13H2,1-6H3,(H,26,34)(H,27,31)(H,28,35)(H,32,33). The molecule has 2 atom stereocenters. The van der Waals surface area contributed by atoms with E-state index in [2.05, 4.69) is 16.0 Å². The molecule has 1 aromatic rings. The molecule has 0 saturated carbocycles. The number of carboxylic acid groups (broad SMARTS) is 1. The number of benzene rings is 1. The summed E-state index contributed by atoms with van der Waals surface area (Å²) in [5.74, 6) is -2.78. The van der Waals surface area contributed by atoms with Crippen LogP contribution in [0.4, 0.5) is 9.59 Å². The molecule has 0 saturated heterocycles. The van der Waals surface area contributed by atoms with Gasteiger partial charge in [0.15, 0.2) is 11.5 Å². The lowest BCUT2D eigenvalue weighted by Crippen LogP contribution is -2.53. The fraction of sp³-hybridized carbons (Fsp3) is 0.600. The van der Waals surface area contributed by atoms with Crippen molar-refractivity contribution >= 4 is 24.1 Å². The van der Waals surface area contributed by atoms with Crippen molar-refractivity contribution in [2.75, 3.05) is 6.54 Å². The first-order valence-electron chi connectivity index (χ1n) is 12.0. The third-order valence-electron chi connectivity index (χ3n) is 4.69. The normalized spacial score (nSPS) is 13.1. The van der Waals surface area contributed by atoms with E-state index >= 15 is 0 Å². The Bertz CT molecular complexity index is 952. The molecule has 3 amide bonds. The van der Waals surface area contributed by atoms with Gasteiger partial charge in [-0.2, -0.15) is 0 Å². The first-order valence-corrected chi connectivity index (χ1v) is 12.0. The minimum atomic E-state index is -1.26. The SMILES string of the molecule is CC(C)(C)OC(=O)NCCCCC(NC(=O)C(Cc1ccc(O)c(O)c1)NC(=O)OC(C)(C)C)C(=O)O. The second-order valence-corrected chi connectivity index (χ2v) is 10.5. The first kappa shape index (κ1) is 31.3. The molecular weight excluding hydrogens is 486 g/mol. The quantitative estimate of drug-likeness (QED) is 0.187. The van der Waals surface area contributed by atoms with Gasteiger partial charge in [0.2, 0.25) is 5.91 Å². The number of alkyl carbamates (subject to hydrolysis) is 2. The van der Waals surface area contributed by atoms with Crippen LogP contribution in [0.3, 0.4) is 0 Å². The van der Waals surface area contributed by atoms with Crippen LogP contribution < -0.4 is 16.0 Å². The molecule has 0 aliphatic carbocycles. The molecule has 12 heteroatoms. The number of phenolic OH excluding ortho intramolecular Hbond substituents is 2. The number of aliphatic carboxylic acids is 1. The van der Waals surface area contributed by atoms with E-state index in [1.165, 1.54) is 18.2 Å². The second kappa shape index (κ2) is 13.6. The molecular formula is C25H39N3O9. The highest BCUT2D eigenvalue weighted by Gasteiger charge is 2.28. The number of carbonyl (C=O) groups excluding carboxylic acids is 3. The van der Waals surface area contributed by atoms with Gasteiger partial charge in [0.05, 0.1) is 0 Å². The van der Waals surface area contributed by atoms with E-state index in [-0.39, 0.29) is 25.1 Å². The maximum absolute atomic E-state index is 13.0. The van der Waals surface area contributed by atoms with E-state index in [1.807, 2.05) is 0 Å². The molecule has 1 aromatic carbocycles. The summed E-state index contributed by atoms with van der Waals surface area (Å²) in [6.45, 7) is 10.4. The molecule has 0 bridgehead atoms. The number of amides is 3. The number of hydrogen-bond donors (Lipinski definition) is 6.